The zero-order valence-corrected chi connectivity index (χ0v) is 21.9. The van der Waals surface area contributed by atoms with Gasteiger partial charge >= 0.3 is 0 Å². The van der Waals surface area contributed by atoms with Crippen LogP contribution in [-0.2, 0) is 4.74 Å². The Morgan fingerprint density at radius 2 is 1.89 bits per heavy atom. The van der Waals surface area contributed by atoms with Crippen LogP contribution in [0.1, 0.15) is 51.0 Å². The van der Waals surface area contributed by atoms with Crippen LogP contribution in [0.4, 0.5) is 21.7 Å². The lowest BCUT2D eigenvalue weighted by Crippen LogP contribution is -2.37. The van der Waals surface area contributed by atoms with Gasteiger partial charge in [0.05, 0.1) is 24.4 Å². The van der Waals surface area contributed by atoms with Crippen molar-refractivity contribution in [3.63, 3.8) is 0 Å². The summed E-state index contributed by atoms with van der Waals surface area (Å²) in [4.78, 5) is 13.7. The molecule has 2 N–H and O–H groups in total. The normalized spacial score (nSPS) is 17.6. The van der Waals surface area contributed by atoms with Crippen LogP contribution >= 0.6 is 0 Å². The number of phenolic OH excluding ortho intramolecular Hbond substituents is 1. The number of halogens is 1. The van der Waals surface area contributed by atoms with Gasteiger partial charge in [0.1, 0.15) is 11.6 Å². The quantitative estimate of drug-likeness (QED) is 0.407. The summed E-state index contributed by atoms with van der Waals surface area (Å²) in [6.07, 6.45) is 6.43. The highest BCUT2D eigenvalue weighted by molar-refractivity contribution is 5.85. The van der Waals surface area contributed by atoms with Crippen LogP contribution in [0.15, 0.2) is 36.5 Å². The molecule has 0 spiro atoms. The number of aromatic hydroxyl groups is 1. The van der Waals surface area contributed by atoms with E-state index >= 15 is 4.39 Å². The van der Waals surface area contributed by atoms with Crippen molar-refractivity contribution < 1.29 is 14.2 Å². The lowest BCUT2D eigenvalue weighted by molar-refractivity contribution is 0.0365. The average molecular weight is 508 g/mol. The van der Waals surface area contributed by atoms with Crippen molar-refractivity contribution in [1.82, 2.24) is 14.9 Å². The maximum Gasteiger partial charge on any atom is 0.227 e. The van der Waals surface area contributed by atoms with E-state index in [0.717, 1.165) is 75.6 Å². The maximum absolute atomic E-state index is 15.1. The van der Waals surface area contributed by atoms with Crippen molar-refractivity contribution in [1.29, 1.82) is 0 Å². The van der Waals surface area contributed by atoms with Crippen LogP contribution in [0.5, 0.6) is 5.75 Å². The molecular weight excluding hydrogens is 469 g/mol. The SMILES string of the molecule is CC(C)c1c(O)ccc2cnc(Nc3ccc(N4CCC(CCCN5CCOCC5)CC4)c(F)c3)nc12. The van der Waals surface area contributed by atoms with E-state index in [-0.39, 0.29) is 17.5 Å². The average Bonchev–Trinajstić information content (AvgIpc) is 2.89. The van der Waals surface area contributed by atoms with Gasteiger partial charge < -0.3 is 20.1 Å². The van der Waals surface area contributed by atoms with Crippen LogP contribution in [0.3, 0.4) is 0 Å². The standard InChI is InChI=1S/C29H38FN5O2/c1-20(2)27-26(36)8-5-22-19-31-29(33-28(22)27)32-23-6-7-25(24(30)18-23)35-12-9-21(10-13-35)4-3-11-34-14-16-37-17-15-34/h5-8,18-21,36H,3-4,9-17H2,1-2H3,(H,31,32,33). The lowest BCUT2D eigenvalue weighted by Gasteiger charge is -2.34. The Hall–Kier alpha value is -2.97. The molecule has 1 aromatic heterocycles. The van der Waals surface area contributed by atoms with Gasteiger partial charge in [-0.15, -0.1) is 0 Å². The molecule has 8 heteroatoms. The minimum Gasteiger partial charge on any atom is -0.508 e. The molecule has 0 bridgehead atoms. The van der Waals surface area contributed by atoms with Gasteiger partial charge in [0.25, 0.3) is 0 Å². The van der Waals surface area contributed by atoms with Gasteiger partial charge in [-0.2, -0.15) is 0 Å². The Kier molecular flexibility index (Phi) is 8.05. The fourth-order valence-electron chi connectivity index (χ4n) is 5.60. The van der Waals surface area contributed by atoms with E-state index in [2.05, 4.69) is 25.1 Å². The second-order valence-corrected chi connectivity index (χ2v) is 10.6. The van der Waals surface area contributed by atoms with E-state index in [9.17, 15) is 5.11 Å². The number of rotatable bonds is 8. The number of fused-ring (bicyclic) bond motifs is 1. The third kappa shape index (κ3) is 6.13. The molecule has 0 saturated carbocycles. The van der Waals surface area contributed by atoms with E-state index < -0.39 is 0 Å². The van der Waals surface area contributed by atoms with Crippen molar-refractivity contribution >= 4 is 28.2 Å². The molecule has 0 aliphatic carbocycles. The molecule has 198 valence electrons. The highest BCUT2D eigenvalue weighted by Crippen LogP contribution is 2.33. The van der Waals surface area contributed by atoms with Gasteiger partial charge in [-0.25, -0.2) is 14.4 Å². The zero-order chi connectivity index (χ0) is 25.8. The summed E-state index contributed by atoms with van der Waals surface area (Å²) in [6, 6.07) is 8.73. The van der Waals surface area contributed by atoms with Crippen LogP contribution in [0.25, 0.3) is 10.9 Å². The van der Waals surface area contributed by atoms with E-state index in [0.29, 0.717) is 22.8 Å². The first-order valence-corrected chi connectivity index (χ1v) is 13.6. The number of morpholine rings is 1. The predicted octanol–water partition coefficient (Wildman–Crippen LogP) is 5.67. The highest BCUT2D eigenvalue weighted by atomic mass is 19.1. The molecule has 0 atom stereocenters. The second kappa shape index (κ2) is 11.6. The lowest BCUT2D eigenvalue weighted by atomic mass is 9.91. The van der Waals surface area contributed by atoms with Crippen molar-refractivity contribution in [3.05, 3.63) is 47.9 Å². The Balaban J connectivity index is 1.18. The van der Waals surface area contributed by atoms with Gasteiger partial charge in [-0.1, -0.05) is 13.8 Å². The van der Waals surface area contributed by atoms with E-state index in [1.54, 1.807) is 12.3 Å². The Bertz CT molecular complexity index is 1210. The van der Waals surface area contributed by atoms with Crippen molar-refractivity contribution in [2.45, 2.75) is 45.4 Å². The second-order valence-electron chi connectivity index (χ2n) is 10.6. The summed E-state index contributed by atoms with van der Waals surface area (Å²) >= 11 is 0. The van der Waals surface area contributed by atoms with Crippen molar-refractivity contribution in [2.24, 2.45) is 5.92 Å². The molecule has 5 rings (SSSR count). The minimum atomic E-state index is -0.239. The Morgan fingerprint density at radius 1 is 1.11 bits per heavy atom. The van der Waals surface area contributed by atoms with E-state index in [1.165, 1.54) is 18.9 Å². The number of nitrogens with one attached hydrogen (secondary N) is 1. The molecule has 3 aromatic rings. The number of hydrogen-bond donors (Lipinski definition) is 2. The van der Waals surface area contributed by atoms with Crippen molar-refractivity contribution in [2.75, 3.05) is 56.2 Å². The third-order valence-electron chi connectivity index (χ3n) is 7.70. The number of ether oxygens (including phenoxy) is 1. The maximum atomic E-state index is 15.1. The first-order valence-electron chi connectivity index (χ1n) is 13.6. The number of aromatic nitrogens is 2. The summed E-state index contributed by atoms with van der Waals surface area (Å²) in [5.74, 6) is 1.20. The molecule has 2 fully saturated rings. The van der Waals surface area contributed by atoms with Gasteiger partial charge in [-0.05, 0) is 74.4 Å². The smallest absolute Gasteiger partial charge is 0.227 e. The van der Waals surface area contributed by atoms with Crippen LogP contribution in [0, 0.1) is 11.7 Å². The molecule has 2 aromatic carbocycles. The summed E-state index contributed by atoms with van der Waals surface area (Å²) in [5, 5.41) is 14.3. The third-order valence-corrected chi connectivity index (χ3v) is 7.70. The first kappa shape index (κ1) is 25.7. The summed E-state index contributed by atoms with van der Waals surface area (Å²) in [6.45, 7) is 10.8. The van der Waals surface area contributed by atoms with Gasteiger partial charge in [0.2, 0.25) is 5.95 Å². The number of nitrogens with zero attached hydrogens (tertiary/aromatic N) is 4. The monoisotopic (exact) mass is 507 g/mol. The molecule has 2 aliphatic rings. The van der Waals surface area contributed by atoms with Gasteiger partial charge in [0, 0.05) is 49.0 Å². The molecule has 3 heterocycles. The Morgan fingerprint density at radius 3 is 2.62 bits per heavy atom. The number of phenols is 1. The van der Waals surface area contributed by atoms with E-state index in [4.69, 9.17) is 4.74 Å². The van der Waals surface area contributed by atoms with Crippen LogP contribution < -0.4 is 10.2 Å². The first-order chi connectivity index (χ1) is 18.0. The predicted molar refractivity (Wildman–Crippen MR) is 146 cm³/mol. The number of anilines is 3. The minimum absolute atomic E-state index is 0.108. The van der Waals surface area contributed by atoms with Crippen molar-refractivity contribution in [3.8, 4) is 5.75 Å². The fraction of sp³-hybridized carbons (Fsp3) is 0.517. The molecular formula is C29H38FN5O2. The molecule has 2 saturated heterocycles. The topological polar surface area (TPSA) is 73.8 Å². The van der Waals surface area contributed by atoms with Crippen LogP contribution in [0.2, 0.25) is 0 Å². The number of hydrogen-bond acceptors (Lipinski definition) is 7. The Labute approximate surface area is 218 Å². The van der Waals surface area contributed by atoms with E-state index in [1.807, 2.05) is 32.0 Å². The fourth-order valence-corrected chi connectivity index (χ4v) is 5.60. The largest absolute Gasteiger partial charge is 0.508 e. The summed E-state index contributed by atoms with van der Waals surface area (Å²) in [5.41, 5.74) is 2.75. The molecule has 0 amide bonds. The number of piperidine rings is 1. The van der Waals surface area contributed by atoms with Gasteiger partial charge in [-0.3, -0.25) is 4.90 Å². The summed E-state index contributed by atoms with van der Waals surface area (Å²) < 4.78 is 20.6. The molecule has 2 aliphatic heterocycles. The number of benzene rings is 2. The molecule has 0 radical (unpaired) electrons. The van der Waals surface area contributed by atoms with Gasteiger partial charge in [0.15, 0.2) is 0 Å². The molecule has 7 nitrogen and oxygen atoms in total. The highest BCUT2D eigenvalue weighted by Gasteiger charge is 2.22. The zero-order valence-electron chi connectivity index (χ0n) is 21.9. The molecule has 0 unspecified atom stereocenters. The van der Waals surface area contributed by atoms with Crippen LogP contribution in [-0.4, -0.2) is 65.9 Å². The summed E-state index contributed by atoms with van der Waals surface area (Å²) in [7, 11) is 0. The molecule has 37 heavy (non-hydrogen) atoms.